The van der Waals surface area contributed by atoms with Gasteiger partial charge in [-0.1, -0.05) is 25.3 Å². The molecule has 2 aromatic rings. The van der Waals surface area contributed by atoms with Crippen LogP contribution >= 0.6 is 0 Å². The Kier molecular flexibility index (Phi) is 6.25. The number of hydrogen-bond acceptors (Lipinski definition) is 3. The number of aryl methyl sites for hydroxylation is 1. The van der Waals surface area contributed by atoms with Crippen molar-refractivity contribution in [3.8, 4) is 0 Å². The van der Waals surface area contributed by atoms with Crippen LogP contribution in [0.5, 0.6) is 0 Å². The van der Waals surface area contributed by atoms with Crippen molar-refractivity contribution in [1.29, 1.82) is 0 Å². The molecule has 3 N–H and O–H groups in total. The lowest BCUT2D eigenvalue weighted by molar-refractivity contribution is -0.139. The summed E-state index contributed by atoms with van der Waals surface area (Å²) in [6.45, 7) is 3.24. The molecule has 0 spiro atoms. The molecular weight excluding hydrogens is 380 g/mol. The molecule has 2 heterocycles. The van der Waals surface area contributed by atoms with Gasteiger partial charge in [0.2, 0.25) is 0 Å². The number of aromatic nitrogens is 2. The first-order valence-electron chi connectivity index (χ1n) is 11.2. The molecule has 1 saturated heterocycles. The summed E-state index contributed by atoms with van der Waals surface area (Å²) >= 11 is 0. The maximum atomic E-state index is 12.8. The van der Waals surface area contributed by atoms with E-state index < -0.39 is 5.97 Å². The molecule has 2 amide bonds. The molecule has 162 valence electrons. The second-order valence-corrected chi connectivity index (χ2v) is 9.05. The zero-order chi connectivity index (χ0) is 21.1. The van der Waals surface area contributed by atoms with Crippen molar-refractivity contribution in [2.24, 2.45) is 11.8 Å². The second kappa shape index (κ2) is 9.06. The van der Waals surface area contributed by atoms with E-state index in [2.05, 4.69) is 16.4 Å². The number of nitrogens with one attached hydrogen (secondary N) is 2. The number of carboxylic acid groups (broad SMARTS) is 1. The van der Waals surface area contributed by atoms with Crippen molar-refractivity contribution in [2.45, 2.75) is 64.3 Å². The van der Waals surface area contributed by atoms with Gasteiger partial charge in [-0.2, -0.15) is 0 Å². The number of piperidine rings is 1. The largest absolute Gasteiger partial charge is 0.481 e. The van der Waals surface area contributed by atoms with Crippen molar-refractivity contribution in [3.63, 3.8) is 0 Å². The molecule has 7 heteroatoms. The number of urea groups is 1. The fraction of sp³-hybridized carbons (Fsp3) is 0.609. The van der Waals surface area contributed by atoms with Crippen molar-refractivity contribution in [3.05, 3.63) is 29.6 Å². The van der Waals surface area contributed by atoms with Gasteiger partial charge in [-0.15, -0.1) is 0 Å². The van der Waals surface area contributed by atoms with Gasteiger partial charge in [0.05, 0.1) is 11.0 Å². The van der Waals surface area contributed by atoms with Crippen LogP contribution in [0, 0.1) is 18.8 Å². The highest BCUT2D eigenvalue weighted by atomic mass is 16.4. The van der Waals surface area contributed by atoms with Crippen molar-refractivity contribution in [1.82, 2.24) is 20.2 Å². The Labute approximate surface area is 177 Å². The minimum Gasteiger partial charge on any atom is -0.481 e. The molecule has 1 aliphatic carbocycles. The Morgan fingerprint density at radius 3 is 2.77 bits per heavy atom. The highest BCUT2D eigenvalue weighted by molar-refractivity contribution is 5.76. The van der Waals surface area contributed by atoms with E-state index in [0.29, 0.717) is 25.9 Å². The first-order chi connectivity index (χ1) is 14.5. The van der Waals surface area contributed by atoms with Gasteiger partial charge < -0.3 is 20.3 Å². The Balaban J connectivity index is 1.45. The van der Waals surface area contributed by atoms with E-state index in [4.69, 9.17) is 4.98 Å². The predicted octanol–water partition coefficient (Wildman–Crippen LogP) is 3.87. The SMILES string of the molecule is Cc1ccc2nc(C[C@H]3CN(C(=O)NC4CCCCC4)CC[C@H]3CC(=O)O)[nH]c2c1. The Morgan fingerprint density at radius 2 is 2.00 bits per heavy atom. The van der Waals surface area contributed by atoms with Gasteiger partial charge in [0, 0.05) is 32.0 Å². The number of imidazole rings is 1. The number of rotatable bonds is 5. The molecule has 2 fully saturated rings. The zero-order valence-electron chi connectivity index (χ0n) is 17.7. The van der Waals surface area contributed by atoms with Gasteiger partial charge in [-0.25, -0.2) is 9.78 Å². The fourth-order valence-electron chi connectivity index (χ4n) is 5.02. The summed E-state index contributed by atoms with van der Waals surface area (Å²) < 4.78 is 0. The number of fused-ring (bicyclic) bond motifs is 1. The number of carboxylic acids is 1. The molecule has 1 aliphatic heterocycles. The first-order valence-corrected chi connectivity index (χ1v) is 11.2. The molecule has 2 aliphatic rings. The van der Waals surface area contributed by atoms with Gasteiger partial charge >= 0.3 is 12.0 Å². The lowest BCUT2D eigenvalue weighted by Crippen LogP contribution is -2.51. The first kappa shape index (κ1) is 20.7. The summed E-state index contributed by atoms with van der Waals surface area (Å²) in [5.41, 5.74) is 3.10. The minimum absolute atomic E-state index is 0.000839. The van der Waals surface area contributed by atoms with Gasteiger partial charge in [-0.05, 0) is 55.7 Å². The van der Waals surface area contributed by atoms with Crippen molar-refractivity contribution < 1.29 is 14.7 Å². The summed E-state index contributed by atoms with van der Waals surface area (Å²) in [7, 11) is 0. The molecule has 30 heavy (non-hydrogen) atoms. The van der Waals surface area contributed by atoms with E-state index in [1.165, 1.54) is 24.8 Å². The molecule has 2 atom stereocenters. The molecular formula is C23H32N4O3. The summed E-state index contributed by atoms with van der Waals surface area (Å²) in [5.74, 6) is 0.223. The Hall–Kier alpha value is -2.57. The molecule has 1 aromatic heterocycles. The molecule has 0 bridgehead atoms. The number of likely N-dealkylation sites (tertiary alicyclic amines) is 1. The van der Waals surface area contributed by atoms with Gasteiger partial charge in [-0.3, -0.25) is 4.79 Å². The Morgan fingerprint density at radius 1 is 1.20 bits per heavy atom. The lowest BCUT2D eigenvalue weighted by Gasteiger charge is -2.38. The number of carbonyl (C=O) groups is 2. The number of carbonyl (C=O) groups excluding carboxylic acids is 1. The highest BCUT2D eigenvalue weighted by Gasteiger charge is 2.34. The van der Waals surface area contributed by atoms with Crippen LogP contribution in [-0.2, 0) is 11.2 Å². The highest BCUT2D eigenvalue weighted by Crippen LogP contribution is 2.30. The molecule has 1 saturated carbocycles. The molecule has 1 aromatic carbocycles. The Bertz CT molecular complexity index is 903. The molecule has 0 radical (unpaired) electrons. The van der Waals surface area contributed by atoms with Crippen LogP contribution in [0.15, 0.2) is 18.2 Å². The average Bonchev–Trinajstić information content (AvgIpc) is 3.11. The normalized spacial score (nSPS) is 22.9. The maximum Gasteiger partial charge on any atom is 0.317 e. The van der Waals surface area contributed by atoms with Gasteiger partial charge in [0.1, 0.15) is 5.82 Å². The molecule has 0 unspecified atom stereocenters. The average molecular weight is 413 g/mol. The summed E-state index contributed by atoms with van der Waals surface area (Å²) in [6.07, 6.45) is 7.24. The van der Waals surface area contributed by atoms with Crippen LogP contribution in [0.25, 0.3) is 11.0 Å². The third-order valence-corrected chi connectivity index (χ3v) is 6.69. The quantitative estimate of drug-likeness (QED) is 0.694. The number of amides is 2. The number of H-pyrrole nitrogens is 1. The van der Waals surface area contributed by atoms with Gasteiger partial charge in [0.15, 0.2) is 0 Å². The molecule has 7 nitrogen and oxygen atoms in total. The minimum atomic E-state index is -0.773. The van der Waals surface area contributed by atoms with Crippen molar-refractivity contribution in [2.75, 3.05) is 13.1 Å². The van der Waals surface area contributed by atoms with Crippen LogP contribution in [0.2, 0.25) is 0 Å². The number of benzene rings is 1. The van der Waals surface area contributed by atoms with E-state index in [0.717, 1.165) is 29.7 Å². The summed E-state index contributed by atoms with van der Waals surface area (Å²) in [4.78, 5) is 34.2. The van der Waals surface area contributed by atoms with E-state index in [-0.39, 0.29) is 30.3 Å². The van der Waals surface area contributed by atoms with Crippen LogP contribution in [0.4, 0.5) is 4.79 Å². The third-order valence-electron chi connectivity index (χ3n) is 6.69. The van der Waals surface area contributed by atoms with E-state index in [1.54, 1.807) is 0 Å². The number of aromatic amines is 1. The van der Waals surface area contributed by atoms with E-state index in [1.807, 2.05) is 24.0 Å². The van der Waals surface area contributed by atoms with Crippen LogP contribution in [-0.4, -0.2) is 51.1 Å². The number of hydrogen-bond donors (Lipinski definition) is 3. The monoisotopic (exact) mass is 412 g/mol. The summed E-state index contributed by atoms with van der Waals surface area (Å²) in [5, 5.41) is 12.6. The van der Waals surface area contributed by atoms with Crippen molar-refractivity contribution >= 4 is 23.0 Å². The predicted molar refractivity (Wildman–Crippen MR) is 115 cm³/mol. The third kappa shape index (κ3) is 4.94. The van der Waals surface area contributed by atoms with Crippen LogP contribution < -0.4 is 5.32 Å². The van der Waals surface area contributed by atoms with E-state index in [9.17, 15) is 14.7 Å². The second-order valence-electron chi connectivity index (χ2n) is 9.05. The smallest absolute Gasteiger partial charge is 0.317 e. The van der Waals surface area contributed by atoms with Crippen LogP contribution in [0.1, 0.15) is 56.3 Å². The topological polar surface area (TPSA) is 98.3 Å². The van der Waals surface area contributed by atoms with Crippen LogP contribution in [0.3, 0.4) is 0 Å². The number of aliphatic carboxylic acids is 1. The van der Waals surface area contributed by atoms with E-state index >= 15 is 0 Å². The standard InChI is InChI=1S/C23H32N4O3/c1-15-7-8-19-20(11-15)26-21(25-19)12-17-14-27(10-9-16(17)13-22(28)29)23(30)24-18-5-3-2-4-6-18/h7-8,11,16-18H,2-6,9-10,12-14H2,1H3,(H,24,30)(H,25,26)(H,28,29)/t16-,17-/m0/s1. The molecule has 4 rings (SSSR count). The summed E-state index contributed by atoms with van der Waals surface area (Å²) in [6, 6.07) is 6.40. The lowest BCUT2D eigenvalue weighted by atomic mass is 9.81. The zero-order valence-corrected chi connectivity index (χ0v) is 17.7. The number of nitrogens with zero attached hydrogens (tertiary/aromatic N) is 2. The maximum absolute atomic E-state index is 12.8. The van der Waals surface area contributed by atoms with Gasteiger partial charge in [0.25, 0.3) is 0 Å². The fourth-order valence-corrected chi connectivity index (χ4v) is 5.02.